The molecule has 4 nitrogen and oxygen atoms in total. The van der Waals surface area contributed by atoms with Crippen molar-refractivity contribution >= 4 is 0 Å². The maximum Gasteiger partial charge on any atom is 0.164 e. The highest BCUT2D eigenvalue weighted by atomic mass is 16.5. The maximum absolute atomic E-state index is 6.38. The Morgan fingerprint density at radius 3 is 1.79 bits per heavy atom. The Morgan fingerprint density at radius 2 is 1.37 bits per heavy atom. The van der Waals surface area contributed by atoms with E-state index in [9.17, 15) is 0 Å². The average Bonchev–Trinajstić information content (AvgIpc) is 2.46. The average molecular weight is 267 g/mol. The van der Waals surface area contributed by atoms with Gasteiger partial charge in [-0.25, -0.2) is 0 Å². The molecule has 0 saturated heterocycles. The van der Waals surface area contributed by atoms with Crippen LogP contribution < -0.4 is 19.9 Å². The Balaban J connectivity index is 3.24. The van der Waals surface area contributed by atoms with Crippen molar-refractivity contribution in [1.82, 2.24) is 0 Å². The van der Waals surface area contributed by atoms with E-state index in [1.165, 1.54) is 0 Å². The standard InChI is InChI=1S/C15H25NO3/c1-6-10(7-2)15(16)11-8-13(18-4)14(19-5)9-12(11)17-3/h8-10,15H,6-7,16H2,1-5H3. The Kier molecular flexibility index (Phi) is 5.96. The lowest BCUT2D eigenvalue weighted by Crippen LogP contribution is -2.21. The number of benzene rings is 1. The van der Waals surface area contributed by atoms with E-state index >= 15 is 0 Å². The molecule has 1 aromatic carbocycles. The van der Waals surface area contributed by atoms with Gasteiger partial charge < -0.3 is 19.9 Å². The van der Waals surface area contributed by atoms with E-state index in [-0.39, 0.29) is 6.04 Å². The monoisotopic (exact) mass is 267 g/mol. The molecule has 108 valence electrons. The van der Waals surface area contributed by atoms with Gasteiger partial charge in [0.2, 0.25) is 0 Å². The Labute approximate surface area is 115 Å². The van der Waals surface area contributed by atoms with E-state index in [0.29, 0.717) is 17.4 Å². The highest BCUT2D eigenvalue weighted by Gasteiger charge is 2.22. The molecule has 0 heterocycles. The van der Waals surface area contributed by atoms with Gasteiger partial charge in [0.25, 0.3) is 0 Å². The molecule has 1 rings (SSSR count). The molecule has 0 aliphatic heterocycles. The molecule has 0 saturated carbocycles. The van der Waals surface area contributed by atoms with Crippen LogP contribution in [-0.4, -0.2) is 21.3 Å². The summed E-state index contributed by atoms with van der Waals surface area (Å²) in [6.45, 7) is 4.31. The summed E-state index contributed by atoms with van der Waals surface area (Å²) in [5.41, 5.74) is 7.34. The molecule has 0 spiro atoms. The summed E-state index contributed by atoms with van der Waals surface area (Å²) in [6.07, 6.45) is 2.07. The minimum absolute atomic E-state index is 0.0650. The zero-order valence-electron chi connectivity index (χ0n) is 12.5. The summed E-state index contributed by atoms with van der Waals surface area (Å²) in [5.74, 6) is 2.50. The van der Waals surface area contributed by atoms with Gasteiger partial charge in [-0.1, -0.05) is 26.7 Å². The normalized spacial score (nSPS) is 12.4. The molecule has 0 aromatic heterocycles. The second-order valence-corrected chi connectivity index (χ2v) is 4.55. The van der Waals surface area contributed by atoms with Crippen LogP contribution in [0.15, 0.2) is 12.1 Å². The molecule has 0 bridgehead atoms. The fourth-order valence-corrected chi connectivity index (χ4v) is 2.36. The molecule has 0 amide bonds. The molecule has 1 atom stereocenters. The van der Waals surface area contributed by atoms with Crippen LogP contribution in [0, 0.1) is 5.92 Å². The van der Waals surface area contributed by atoms with Crippen molar-refractivity contribution in [2.45, 2.75) is 32.7 Å². The van der Waals surface area contributed by atoms with Crippen LogP contribution in [0.4, 0.5) is 0 Å². The number of nitrogens with two attached hydrogens (primary N) is 1. The number of rotatable bonds is 7. The maximum atomic E-state index is 6.38. The van der Waals surface area contributed by atoms with Gasteiger partial charge in [0.05, 0.1) is 21.3 Å². The largest absolute Gasteiger partial charge is 0.496 e. The van der Waals surface area contributed by atoms with E-state index < -0.39 is 0 Å². The molecule has 0 fully saturated rings. The van der Waals surface area contributed by atoms with Crippen molar-refractivity contribution in [3.8, 4) is 17.2 Å². The SMILES string of the molecule is CCC(CC)C(N)c1cc(OC)c(OC)cc1OC. The third-order valence-electron chi connectivity index (χ3n) is 3.65. The van der Waals surface area contributed by atoms with Gasteiger partial charge in [-0.3, -0.25) is 0 Å². The van der Waals surface area contributed by atoms with E-state index in [0.717, 1.165) is 24.2 Å². The Hall–Kier alpha value is -1.42. The van der Waals surface area contributed by atoms with Crippen LogP contribution in [0.5, 0.6) is 17.2 Å². The lowest BCUT2D eigenvalue weighted by Gasteiger charge is -2.24. The van der Waals surface area contributed by atoms with E-state index in [2.05, 4.69) is 13.8 Å². The molecule has 0 radical (unpaired) electrons. The minimum Gasteiger partial charge on any atom is -0.496 e. The summed E-state index contributed by atoms with van der Waals surface area (Å²) >= 11 is 0. The minimum atomic E-state index is -0.0650. The number of ether oxygens (including phenoxy) is 3. The first kappa shape index (κ1) is 15.6. The molecular weight excluding hydrogens is 242 g/mol. The van der Waals surface area contributed by atoms with Crippen molar-refractivity contribution in [2.75, 3.05) is 21.3 Å². The fourth-order valence-electron chi connectivity index (χ4n) is 2.36. The lowest BCUT2D eigenvalue weighted by molar-refractivity contribution is 0.339. The third-order valence-corrected chi connectivity index (χ3v) is 3.65. The van der Waals surface area contributed by atoms with Crippen LogP contribution >= 0.6 is 0 Å². The first-order valence-corrected chi connectivity index (χ1v) is 6.68. The van der Waals surface area contributed by atoms with Crippen molar-refractivity contribution in [1.29, 1.82) is 0 Å². The van der Waals surface area contributed by atoms with Crippen LogP contribution in [0.2, 0.25) is 0 Å². The van der Waals surface area contributed by atoms with Gasteiger partial charge >= 0.3 is 0 Å². The second-order valence-electron chi connectivity index (χ2n) is 4.55. The second kappa shape index (κ2) is 7.24. The predicted molar refractivity (Wildman–Crippen MR) is 77.1 cm³/mol. The van der Waals surface area contributed by atoms with Gasteiger partial charge in [-0.05, 0) is 12.0 Å². The molecule has 4 heteroatoms. The highest BCUT2D eigenvalue weighted by molar-refractivity contribution is 5.51. The van der Waals surface area contributed by atoms with Crippen molar-refractivity contribution < 1.29 is 14.2 Å². The molecule has 1 unspecified atom stereocenters. The smallest absolute Gasteiger partial charge is 0.164 e. The van der Waals surface area contributed by atoms with E-state index in [4.69, 9.17) is 19.9 Å². The number of methoxy groups -OCH3 is 3. The zero-order valence-corrected chi connectivity index (χ0v) is 12.5. The molecule has 0 aliphatic rings. The van der Waals surface area contributed by atoms with Gasteiger partial charge in [-0.15, -0.1) is 0 Å². The van der Waals surface area contributed by atoms with Crippen LogP contribution in [-0.2, 0) is 0 Å². The van der Waals surface area contributed by atoms with E-state index in [1.54, 1.807) is 21.3 Å². The molecule has 1 aromatic rings. The fraction of sp³-hybridized carbons (Fsp3) is 0.600. The van der Waals surface area contributed by atoms with Gasteiger partial charge in [0, 0.05) is 17.7 Å². The molecule has 2 N–H and O–H groups in total. The molecule has 19 heavy (non-hydrogen) atoms. The van der Waals surface area contributed by atoms with E-state index in [1.807, 2.05) is 12.1 Å². The summed E-state index contributed by atoms with van der Waals surface area (Å²) in [6, 6.07) is 3.68. The van der Waals surface area contributed by atoms with Crippen LogP contribution in [0.25, 0.3) is 0 Å². The zero-order chi connectivity index (χ0) is 14.4. The quantitative estimate of drug-likeness (QED) is 0.824. The summed E-state index contributed by atoms with van der Waals surface area (Å²) < 4.78 is 16.1. The predicted octanol–water partition coefficient (Wildman–Crippen LogP) is 3.15. The summed E-state index contributed by atoms with van der Waals surface area (Å²) in [5, 5.41) is 0. The van der Waals surface area contributed by atoms with Crippen molar-refractivity contribution in [2.24, 2.45) is 11.7 Å². The number of hydrogen-bond acceptors (Lipinski definition) is 4. The summed E-state index contributed by atoms with van der Waals surface area (Å²) in [4.78, 5) is 0. The number of hydrogen-bond donors (Lipinski definition) is 1. The lowest BCUT2D eigenvalue weighted by atomic mass is 9.89. The Bertz CT molecular complexity index is 403. The third kappa shape index (κ3) is 3.32. The van der Waals surface area contributed by atoms with Gasteiger partial charge in [0.15, 0.2) is 11.5 Å². The molecule has 0 aliphatic carbocycles. The van der Waals surface area contributed by atoms with Crippen molar-refractivity contribution in [3.05, 3.63) is 17.7 Å². The first-order chi connectivity index (χ1) is 9.12. The van der Waals surface area contributed by atoms with Gasteiger partial charge in [0.1, 0.15) is 5.75 Å². The highest BCUT2D eigenvalue weighted by Crippen LogP contribution is 2.39. The summed E-state index contributed by atoms with van der Waals surface area (Å²) in [7, 11) is 4.87. The van der Waals surface area contributed by atoms with Crippen molar-refractivity contribution in [3.63, 3.8) is 0 Å². The molecular formula is C15H25NO3. The van der Waals surface area contributed by atoms with Gasteiger partial charge in [-0.2, -0.15) is 0 Å². The first-order valence-electron chi connectivity index (χ1n) is 6.68. The topological polar surface area (TPSA) is 53.7 Å². The van der Waals surface area contributed by atoms with Crippen LogP contribution in [0.1, 0.15) is 38.3 Å². The Morgan fingerprint density at radius 1 is 0.895 bits per heavy atom. The van der Waals surface area contributed by atoms with Crippen LogP contribution in [0.3, 0.4) is 0 Å².